The second-order valence-corrected chi connectivity index (χ2v) is 7.17. The Morgan fingerprint density at radius 3 is 2.35 bits per heavy atom. The molecule has 0 spiro atoms. The molecule has 6 nitrogen and oxygen atoms in total. The highest BCUT2D eigenvalue weighted by molar-refractivity contribution is 14.0. The van der Waals surface area contributed by atoms with Gasteiger partial charge in [-0.3, -0.25) is 4.79 Å². The van der Waals surface area contributed by atoms with Gasteiger partial charge in [0.1, 0.15) is 12.4 Å². The van der Waals surface area contributed by atoms with Crippen molar-refractivity contribution in [1.82, 2.24) is 15.5 Å². The van der Waals surface area contributed by atoms with Gasteiger partial charge in [0.05, 0.1) is 0 Å². The number of carbonyl (C=O) groups excluding carboxylic acids is 1. The third-order valence-corrected chi connectivity index (χ3v) is 5.11. The Balaban J connectivity index is 0.00000341. The summed E-state index contributed by atoms with van der Waals surface area (Å²) in [7, 11) is 0. The zero-order chi connectivity index (χ0) is 21.2. The number of guanidine groups is 1. The van der Waals surface area contributed by atoms with Crippen LogP contribution in [0.15, 0.2) is 59.6 Å². The fourth-order valence-electron chi connectivity index (χ4n) is 3.46. The summed E-state index contributed by atoms with van der Waals surface area (Å²) in [5.41, 5.74) is 1.85. The number of benzene rings is 2. The predicted molar refractivity (Wildman–Crippen MR) is 135 cm³/mol. The van der Waals surface area contributed by atoms with Crippen LogP contribution in [-0.4, -0.2) is 62.6 Å². The van der Waals surface area contributed by atoms with Crippen molar-refractivity contribution in [1.29, 1.82) is 0 Å². The summed E-state index contributed by atoms with van der Waals surface area (Å²) in [5.74, 6) is 0.394. The molecule has 1 saturated heterocycles. The van der Waals surface area contributed by atoms with Gasteiger partial charge >= 0.3 is 0 Å². The molecular weight excluding hydrogens is 508 g/mol. The van der Waals surface area contributed by atoms with Gasteiger partial charge in [-0.25, -0.2) is 9.38 Å². The third kappa shape index (κ3) is 7.68. The highest BCUT2D eigenvalue weighted by Gasteiger charge is 2.21. The highest BCUT2D eigenvalue weighted by Crippen LogP contribution is 2.15. The Kier molecular flexibility index (Phi) is 10.6. The van der Waals surface area contributed by atoms with Gasteiger partial charge in [-0.2, -0.15) is 0 Å². The number of hydrogen-bond acceptors (Lipinski definition) is 3. The number of para-hydroxylation sites is 1. The maximum Gasteiger partial charge on any atom is 0.244 e. The molecule has 0 saturated carbocycles. The fraction of sp³-hybridized carbons (Fsp3) is 0.391. The van der Waals surface area contributed by atoms with Crippen LogP contribution in [0.5, 0.6) is 0 Å². The molecule has 1 heterocycles. The van der Waals surface area contributed by atoms with Crippen molar-refractivity contribution in [3.05, 3.63) is 66.0 Å². The van der Waals surface area contributed by atoms with Gasteiger partial charge in [0.15, 0.2) is 5.96 Å². The summed E-state index contributed by atoms with van der Waals surface area (Å²) in [6.07, 6.45) is 0.548. The van der Waals surface area contributed by atoms with Crippen LogP contribution in [0.4, 0.5) is 10.1 Å². The molecule has 0 bridgehead atoms. The van der Waals surface area contributed by atoms with E-state index in [1.807, 2.05) is 36.1 Å². The van der Waals surface area contributed by atoms with E-state index in [1.54, 1.807) is 12.1 Å². The molecule has 8 heteroatoms. The van der Waals surface area contributed by atoms with E-state index in [0.717, 1.165) is 13.1 Å². The van der Waals surface area contributed by atoms with Crippen LogP contribution < -0.4 is 15.5 Å². The monoisotopic (exact) mass is 539 g/mol. The van der Waals surface area contributed by atoms with E-state index in [9.17, 15) is 9.18 Å². The Morgan fingerprint density at radius 2 is 1.68 bits per heavy atom. The van der Waals surface area contributed by atoms with Gasteiger partial charge in [0.2, 0.25) is 5.91 Å². The standard InChI is InChI=1S/C23H30FN5O.HI/c1-2-25-23(26-13-12-19-8-6-7-11-21(19)24)27-18-22(30)29-16-14-28(15-17-29)20-9-4-3-5-10-20;/h3-11H,2,12-18H2,1H3,(H2,25,26,27);1H. The first-order valence-corrected chi connectivity index (χ1v) is 10.5. The number of piperazine rings is 1. The van der Waals surface area contributed by atoms with Crippen molar-refractivity contribution in [2.45, 2.75) is 13.3 Å². The molecule has 1 aliphatic rings. The number of nitrogens with one attached hydrogen (secondary N) is 2. The van der Waals surface area contributed by atoms with Gasteiger partial charge < -0.3 is 20.4 Å². The maximum atomic E-state index is 13.7. The van der Waals surface area contributed by atoms with Gasteiger partial charge in [-0.15, -0.1) is 24.0 Å². The summed E-state index contributed by atoms with van der Waals surface area (Å²) in [6, 6.07) is 17.0. The summed E-state index contributed by atoms with van der Waals surface area (Å²) in [6.45, 7) is 6.33. The number of carbonyl (C=O) groups is 1. The number of hydrogen-bond donors (Lipinski definition) is 2. The zero-order valence-corrected chi connectivity index (χ0v) is 20.2. The Bertz CT molecular complexity index is 841. The first-order chi connectivity index (χ1) is 14.7. The van der Waals surface area contributed by atoms with Crippen LogP contribution in [0.1, 0.15) is 12.5 Å². The van der Waals surface area contributed by atoms with Crippen LogP contribution in [0.3, 0.4) is 0 Å². The summed E-state index contributed by atoms with van der Waals surface area (Å²) >= 11 is 0. The largest absolute Gasteiger partial charge is 0.368 e. The van der Waals surface area contributed by atoms with Crippen LogP contribution >= 0.6 is 24.0 Å². The smallest absolute Gasteiger partial charge is 0.244 e. The molecule has 1 fully saturated rings. The minimum absolute atomic E-state index is 0. The number of halogens is 2. The van der Waals surface area contributed by atoms with Gasteiger partial charge in [0, 0.05) is 45.0 Å². The molecule has 2 aromatic carbocycles. The van der Waals surface area contributed by atoms with Crippen molar-refractivity contribution in [3.63, 3.8) is 0 Å². The summed E-state index contributed by atoms with van der Waals surface area (Å²) in [5, 5.41) is 6.31. The van der Waals surface area contributed by atoms with E-state index >= 15 is 0 Å². The van der Waals surface area contributed by atoms with E-state index in [0.29, 0.717) is 44.1 Å². The predicted octanol–water partition coefficient (Wildman–Crippen LogP) is 2.89. The zero-order valence-electron chi connectivity index (χ0n) is 17.9. The SMILES string of the molecule is CCNC(=NCC(=O)N1CCN(c2ccccc2)CC1)NCCc1ccccc1F.I. The van der Waals surface area contributed by atoms with Crippen LogP contribution in [0.2, 0.25) is 0 Å². The second kappa shape index (κ2) is 13.1. The lowest BCUT2D eigenvalue weighted by molar-refractivity contribution is -0.129. The Labute approximate surface area is 200 Å². The molecule has 2 aromatic rings. The van der Waals surface area contributed by atoms with Crippen molar-refractivity contribution in [2.24, 2.45) is 4.99 Å². The minimum atomic E-state index is -0.203. The minimum Gasteiger partial charge on any atom is -0.368 e. The van der Waals surface area contributed by atoms with E-state index in [4.69, 9.17) is 0 Å². The number of amides is 1. The number of rotatable bonds is 7. The quantitative estimate of drug-likeness (QED) is 0.323. The van der Waals surface area contributed by atoms with Crippen molar-refractivity contribution in [2.75, 3.05) is 50.7 Å². The fourth-order valence-corrected chi connectivity index (χ4v) is 3.46. The highest BCUT2D eigenvalue weighted by atomic mass is 127. The van der Waals surface area contributed by atoms with Crippen LogP contribution in [0.25, 0.3) is 0 Å². The molecule has 1 amide bonds. The molecule has 0 radical (unpaired) electrons. The lowest BCUT2D eigenvalue weighted by atomic mass is 10.1. The molecular formula is C23H31FIN5O. The van der Waals surface area contributed by atoms with Gasteiger partial charge in [-0.1, -0.05) is 36.4 Å². The van der Waals surface area contributed by atoms with E-state index in [-0.39, 0.29) is 42.2 Å². The molecule has 0 aliphatic carbocycles. The van der Waals surface area contributed by atoms with Crippen molar-refractivity contribution < 1.29 is 9.18 Å². The third-order valence-electron chi connectivity index (χ3n) is 5.11. The second-order valence-electron chi connectivity index (χ2n) is 7.17. The molecule has 2 N–H and O–H groups in total. The average molecular weight is 539 g/mol. The van der Waals surface area contributed by atoms with Crippen LogP contribution in [-0.2, 0) is 11.2 Å². The van der Waals surface area contributed by atoms with Crippen LogP contribution in [0, 0.1) is 5.82 Å². The Morgan fingerprint density at radius 1 is 1.00 bits per heavy atom. The molecule has 1 aliphatic heterocycles. The van der Waals surface area contributed by atoms with E-state index in [2.05, 4.69) is 32.7 Å². The van der Waals surface area contributed by atoms with E-state index < -0.39 is 0 Å². The number of aliphatic imine (C=N–C) groups is 1. The summed E-state index contributed by atoms with van der Waals surface area (Å²) in [4.78, 5) is 21.2. The molecule has 168 valence electrons. The van der Waals surface area contributed by atoms with Crippen molar-refractivity contribution >= 4 is 41.5 Å². The summed E-state index contributed by atoms with van der Waals surface area (Å²) < 4.78 is 13.7. The first kappa shape index (κ1) is 24.9. The maximum absolute atomic E-state index is 13.7. The van der Waals surface area contributed by atoms with Gasteiger partial charge in [0.25, 0.3) is 0 Å². The normalized spacial score (nSPS) is 14.1. The van der Waals surface area contributed by atoms with Crippen molar-refractivity contribution in [3.8, 4) is 0 Å². The molecule has 0 unspecified atom stereocenters. The number of anilines is 1. The number of nitrogens with zero attached hydrogens (tertiary/aromatic N) is 3. The molecule has 31 heavy (non-hydrogen) atoms. The molecule has 0 aromatic heterocycles. The first-order valence-electron chi connectivity index (χ1n) is 10.5. The average Bonchev–Trinajstić information content (AvgIpc) is 2.79. The van der Waals surface area contributed by atoms with Gasteiger partial charge in [-0.05, 0) is 37.1 Å². The Hall–Kier alpha value is -2.36. The lowest BCUT2D eigenvalue weighted by Crippen LogP contribution is -2.49. The molecule has 0 atom stereocenters. The van der Waals surface area contributed by atoms with E-state index in [1.165, 1.54) is 11.8 Å². The topological polar surface area (TPSA) is 60.0 Å². The lowest BCUT2D eigenvalue weighted by Gasteiger charge is -2.36. The molecule has 3 rings (SSSR count).